The van der Waals surface area contributed by atoms with Crippen LogP contribution >= 0.6 is 0 Å². The van der Waals surface area contributed by atoms with Gasteiger partial charge in [-0.2, -0.15) is 0 Å². The van der Waals surface area contributed by atoms with Crippen molar-refractivity contribution in [2.24, 2.45) is 0 Å². The molecular weight excluding hydrogens is 224 g/mol. The number of aliphatic hydroxyl groups excluding tert-OH is 1. The van der Waals surface area contributed by atoms with Crippen molar-refractivity contribution in [3.63, 3.8) is 0 Å². The molecule has 1 rings (SSSR count). The summed E-state index contributed by atoms with van der Waals surface area (Å²) in [4.78, 5) is 0. The first-order chi connectivity index (χ1) is 8.20. The molecule has 0 heterocycles. The van der Waals surface area contributed by atoms with E-state index in [2.05, 4.69) is 39.8 Å². The molecule has 0 aliphatic rings. The van der Waals surface area contributed by atoms with Crippen molar-refractivity contribution in [1.82, 2.24) is 0 Å². The standard InChI is InChI=1S/C16H26O2/c1-11-9-14(16(4,5)6)7-8-15(11)18-13(3)10-12(2)17/h7-9,12-13,17H,10H2,1-6H3. The topological polar surface area (TPSA) is 29.5 Å². The van der Waals surface area contributed by atoms with Gasteiger partial charge in [0.05, 0.1) is 12.2 Å². The molecule has 0 radical (unpaired) electrons. The normalized spacial score (nSPS) is 15.3. The lowest BCUT2D eigenvalue weighted by Crippen LogP contribution is -2.19. The lowest BCUT2D eigenvalue weighted by molar-refractivity contribution is 0.115. The maximum Gasteiger partial charge on any atom is 0.122 e. The third-order valence-corrected chi connectivity index (χ3v) is 3.04. The summed E-state index contributed by atoms with van der Waals surface area (Å²) in [6, 6.07) is 6.34. The van der Waals surface area contributed by atoms with E-state index in [4.69, 9.17) is 4.74 Å². The van der Waals surface area contributed by atoms with E-state index in [0.29, 0.717) is 6.42 Å². The highest BCUT2D eigenvalue weighted by atomic mass is 16.5. The summed E-state index contributed by atoms with van der Waals surface area (Å²) >= 11 is 0. The van der Waals surface area contributed by atoms with Crippen molar-refractivity contribution >= 4 is 0 Å². The van der Waals surface area contributed by atoms with Crippen molar-refractivity contribution in [3.8, 4) is 5.75 Å². The molecule has 0 spiro atoms. The van der Waals surface area contributed by atoms with Gasteiger partial charge in [0, 0.05) is 6.42 Å². The summed E-state index contributed by atoms with van der Waals surface area (Å²) in [5.74, 6) is 0.913. The Labute approximate surface area is 111 Å². The fourth-order valence-corrected chi connectivity index (χ4v) is 1.99. The zero-order valence-electron chi connectivity index (χ0n) is 12.4. The first-order valence-electron chi connectivity index (χ1n) is 6.66. The minimum atomic E-state index is -0.325. The van der Waals surface area contributed by atoms with Crippen LogP contribution in [-0.2, 0) is 5.41 Å². The summed E-state index contributed by atoms with van der Waals surface area (Å²) in [6.07, 6.45) is 0.360. The molecule has 1 aromatic carbocycles. The first-order valence-corrected chi connectivity index (χ1v) is 6.66. The van der Waals surface area contributed by atoms with Gasteiger partial charge in [0.25, 0.3) is 0 Å². The van der Waals surface area contributed by atoms with Gasteiger partial charge in [0.15, 0.2) is 0 Å². The summed E-state index contributed by atoms with van der Waals surface area (Å²) in [5.41, 5.74) is 2.63. The molecule has 2 unspecified atom stereocenters. The Balaban J connectivity index is 2.80. The first kappa shape index (κ1) is 15.0. The van der Waals surface area contributed by atoms with Gasteiger partial charge in [-0.1, -0.05) is 32.9 Å². The number of rotatable bonds is 4. The zero-order valence-corrected chi connectivity index (χ0v) is 12.4. The van der Waals surface area contributed by atoms with Gasteiger partial charge in [0.2, 0.25) is 0 Å². The van der Waals surface area contributed by atoms with E-state index in [1.54, 1.807) is 6.92 Å². The molecule has 2 atom stereocenters. The molecule has 1 aromatic rings. The Hall–Kier alpha value is -1.02. The van der Waals surface area contributed by atoms with Crippen molar-refractivity contribution in [3.05, 3.63) is 29.3 Å². The van der Waals surface area contributed by atoms with E-state index in [-0.39, 0.29) is 17.6 Å². The Kier molecular flexibility index (Phi) is 4.80. The van der Waals surface area contributed by atoms with Gasteiger partial charge in [-0.25, -0.2) is 0 Å². The molecule has 2 heteroatoms. The highest BCUT2D eigenvalue weighted by molar-refractivity contribution is 5.38. The van der Waals surface area contributed by atoms with Gasteiger partial charge in [0.1, 0.15) is 5.75 Å². The van der Waals surface area contributed by atoms with Crippen LogP contribution in [-0.4, -0.2) is 17.3 Å². The van der Waals surface area contributed by atoms with Gasteiger partial charge >= 0.3 is 0 Å². The molecule has 0 bridgehead atoms. The maximum atomic E-state index is 9.34. The van der Waals surface area contributed by atoms with Gasteiger partial charge in [-0.3, -0.25) is 0 Å². The summed E-state index contributed by atoms with van der Waals surface area (Å²) in [6.45, 7) is 12.5. The highest BCUT2D eigenvalue weighted by Crippen LogP contribution is 2.28. The van der Waals surface area contributed by atoms with Crippen LogP contribution in [0.1, 0.15) is 52.2 Å². The second kappa shape index (κ2) is 5.75. The number of aryl methyl sites for hydroxylation is 1. The van der Waals surface area contributed by atoms with E-state index in [1.807, 2.05) is 13.0 Å². The number of aliphatic hydroxyl groups is 1. The molecule has 18 heavy (non-hydrogen) atoms. The third kappa shape index (κ3) is 4.34. The molecule has 0 aliphatic carbocycles. The van der Waals surface area contributed by atoms with Crippen molar-refractivity contribution in [2.45, 2.75) is 65.6 Å². The maximum absolute atomic E-state index is 9.34. The van der Waals surface area contributed by atoms with Crippen LogP contribution in [0, 0.1) is 6.92 Å². The van der Waals surface area contributed by atoms with E-state index in [9.17, 15) is 5.11 Å². The number of hydrogen-bond donors (Lipinski definition) is 1. The highest BCUT2D eigenvalue weighted by Gasteiger charge is 2.15. The molecule has 0 aliphatic heterocycles. The molecule has 0 saturated carbocycles. The minimum Gasteiger partial charge on any atom is -0.490 e. The van der Waals surface area contributed by atoms with E-state index in [1.165, 1.54) is 5.56 Å². The lowest BCUT2D eigenvalue weighted by atomic mass is 9.86. The summed E-state index contributed by atoms with van der Waals surface area (Å²) < 4.78 is 5.86. The van der Waals surface area contributed by atoms with Gasteiger partial charge in [-0.15, -0.1) is 0 Å². The molecule has 0 saturated heterocycles. The number of benzene rings is 1. The molecule has 0 amide bonds. The second-order valence-corrected chi connectivity index (χ2v) is 6.24. The van der Waals surface area contributed by atoms with Crippen LogP contribution in [0.5, 0.6) is 5.75 Å². The van der Waals surface area contributed by atoms with Crippen LogP contribution < -0.4 is 4.74 Å². The average Bonchev–Trinajstić information content (AvgIpc) is 2.18. The Morgan fingerprint density at radius 1 is 1.22 bits per heavy atom. The molecule has 102 valence electrons. The molecule has 2 nitrogen and oxygen atoms in total. The summed E-state index contributed by atoms with van der Waals surface area (Å²) in [5, 5.41) is 9.34. The van der Waals surface area contributed by atoms with Crippen LogP contribution in [0.2, 0.25) is 0 Å². The summed E-state index contributed by atoms with van der Waals surface area (Å²) in [7, 11) is 0. The second-order valence-electron chi connectivity index (χ2n) is 6.24. The SMILES string of the molecule is Cc1cc(C(C)(C)C)ccc1OC(C)CC(C)O. The molecular formula is C16H26O2. The Bertz CT molecular complexity index is 389. The van der Waals surface area contributed by atoms with Crippen LogP contribution in [0.3, 0.4) is 0 Å². The van der Waals surface area contributed by atoms with E-state index < -0.39 is 0 Å². The smallest absolute Gasteiger partial charge is 0.122 e. The lowest BCUT2D eigenvalue weighted by Gasteiger charge is -2.22. The van der Waals surface area contributed by atoms with Crippen LogP contribution in [0.25, 0.3) is 0 Å². The molecule has 0 aromatic heterocycles. The molecule has 0 fully saturated rings. The predicted molar refractivity (Wildman–Crippen MR) is 76.3 cm³/mol. The number of hydrogen-bond acceptors (Lipinski definition) is 2. The van der Waals surface area contributed by atoms with E-state index >= 15 is 0 Å². The minimum absolute atomic E-state index is 0.0317. The Morgan fingerprint density at radius 2 is 1.83 bits per heavy atom. The average molecular weight is 250 g/mol. The Morgan fingerprint density at radius 3 is 2.28 bits per heavy atom. The fourth-order valence-electron chi connectivity index (χ4n) is 1.99. The molecule has 1 N–H and O–H groups in total. The number of ether oxygens (including phenoxy) is 1. The predicted octanol–water partition coefficient (Wildman–Crippen LogP) is 3.83. The monoisotopic (exact) mass is 250 g/mol. The van der Waals surface area contributed by atoms with Crippen molar-refractivity contribution < 1.29 is 9.84 Å². The quantitative estimate of drug-likeness (QED) is 0.880. The third-order valence-electron chi connectivity index (χ3n) is 3.04. The zero-order chi connectivity index (χ0) is 13.9. The van der Waals surface area contributed by atoms with Gasteiger partial charge in [-0.05, 0) is 43.4 Å². The van der Waals surface area contributed by atoms with Gasteiger partial charge < -0.3 is 9.84 Å². The largest absolute Gasteiger partial charge is 0.490 e. The fraction of sp³-hybridized carbons (Fsp3) is 0.625. The van der Waals surface area contributed by atoms with Crippen LogP contribution in [0.15, 0.2) is 18.2 Å². The van der Waals surface area contributed by atoms with Crippen molar-refractivity contribution in [2.75, 3.05) is 0 Å². The van der Waals surface area contributed by atoms with E-state index in [0.717, 1.165) is 11.3 Å². The van der Waals surface area contributed by atoms with Crippen molar-refractivity contribution in [1.29, 1.82) is 0 Å². The van der Waals surface area contributed by atoms with Crippen LogP contribution in [0.4, 0.5) is 0 Å².